The molecule has 30 heavy (non-hydrogen) atoms. The van der Waals surface area contributed by atoms with E-state index in [1.165, 1.54) is 57.8 Å². The summed E-state index contributed by atoms with van der Waals surface area (Å²) in [7, 11) is -4.12. The average molecular weight is 473 g/mol. The smallest absolute Gasteiger partial charge is 0.748 e. The van der Waals surface area contributed by atoms with Gasteiger partial charge in [-0.3, -0.25) is 0 Å². The molecular formula is C24H49KO4S. The molecule has 0 aromatic heterocycles. The fourth-order valence-electron chi connectivity index (χ4n) is 3.97. The van der Waals surface area contributed by atoms with E-state index in [9.17, 15) is 18.1 Å². The first-order chi connectivity index (χ1) is 13.9. The first-order valence-electron chi connectivity index (χ1n) is 12.5. The molecule has 0 aromatic rings. The Morgan fingerprint density at radius 1 is 0.600 bits per heavy atom. The van der Waals surface area contributed by atoms with Gasteiger partial charge < -0.3 is 9.66 Å². The molecule has 0 spiro atoms. The van der Waals surface area contributed by atoms with E-state index in [1.807, 2.05) is 6.92 Å². The maximum Gasteiger partial charge on any atom is 1.00 e. The third-order valence-corrected chi connectivity index (χ3v) is 7.28. The largest absolute Gasteiger partial charge is 1.00 e. The molecule has 0 aromatic carbocycles. The van der Waals surface area contributed by atoms with Crippen molar-refractivity contribution in [1.29, 1.82) is 0 Å². The minimum atomic E-state index is -4.12. The van der Waals surface area contributed by atoms with E-state index >= 15 is 0 Å². The predicted molar refractivity (Wildman–Crippen MR) is 123 cm³/mol. The number of unbranched alkanes of at least 4 members (excludes halogenated alkanes) is 13. The molecule has 6 heteroatoms. The molecule has 0 amide bonds. The second-order valence-corrected chi connectivity index (χ2v) is 10.5. The van der Waals surface area contributed by atoms with Gasteiger partial charge in [-0.25, -0.2) is 8.42 Å². The van der Waals surface area contributed by atoms with Crippen molar-refractivity contribution in [2.75, 3.05) is 0 Å². The summed E-state index contributed by atoms with van der Waals surface area (Å²) in [4.78, 5) is 0. The van der Waals surface area contributed by atoms with Crippen LogP contribution in [0.5, 0.6) is 0 Å². The molecular weight excluding hydrogens is 423 g/mol. The van der Waals surface area contributed by atoms with E-state index in [2.05, 4.69) is 6.92 Å². The molecule has 4 nitrogen and oxygen atoms in total. The Hall–Kier alpha value is 1.51. The molecule has 2 atom stereocenters. The van der Waals surface area contributed by atoms with Gasteiger partial charge in [0.05, 0.1) is 16.2 Å². The summed E-state index contributed by atoms with van der Waals surface area (Å²) in [6.07, 6.45) is 21.5. The Kier molecular flexibility index (Phi) is 26.6. The zero-order valence-corrected chi connectivity index (χ0v) is 24.3. The van der Waals surface area contributed by atoms with Gasteiger partial charge in [0.15, 0.2) is 0 Å². The first-order valence-corrected chi connectivity index (χ1v) is 14.0. The Bertz CT molecular complexity index is 442. The summed E-state index contributed by atoms with van der Waals surface area (Å²) >= 11 is 0. The van der Waals surface area contributed by atoms with E-state index in [0.29, 0.717) is 12.8 Å². The van der Waals surface area contributed by atoms with Crippen molar-refractivity contribution < 1.29 is 69.5 Å². The van der Waals surface area contributed by atoms with Gasteiger partial charge in [0.25, 0.3) is 0 Å². The zero-order chi connectivity index (χ0) is 21.8. The van der Waals surface area contributed by atoms with Crippen LogP contribution in [0.1, 0.15) is 142 Å². The third-order valence-electron chi connectivity index (χ3n) is 5.99. The van der Waals surface area contributed by atoms with Gasteiger partial charge >= 0.3 is 51.4 Å². The molecule has 1 N–H and O–H groups in total. The molecule has 0 saturated heterocycles. The molecule has 0 bridgehead atoms. The van der Waals surface area contributed by atoms with Crippen molar-refractivity contribution in [3.8, 4) is 0 Å². The normalized spacial score (nSPS) is 13.7. The monoisotopic (exact) mass is 472 g/mol. The van der Waals surface area contributed by atoms with E-state index in [-0.39, 0.29) is 57.5 Å². The molecule has 0 heterocycles. The molecule has 0 saturated carbocycles. The van der Waals surface area contributed by atoms with Gasteiger partial charge in [-0.15, -0.1) is 0 Å². The van der Waals surface area contributed by atoms with Crippen LogP contribution in [0.3, 0.4) is 0 Å². The molecule has 0 aliphatic heterocycles. The van der Waals surface area contributed by atoms with Crippen molar-refractivity contribution in [1.82, 2.24) is 0 Å². The van der Waals surface area contributed by atoms with E-state index in [0.717, 1.165) is 57.8 Å². The fraction of sp³-hybridized carbons (Fsp3) is 1.00. The van der Waals surface area contributed by atoms with Crippen molar-refractivity contribution in [2.45, 2.75) is 154 Å². The van der Waals surface area contributed by atoms with E-state index in [4.69, 9.17) is 0 Å². The van der Waals surface area contributed by atoms with Crippen LogP contribution in [-0.4, -0.2) is 29.4 Å². The molecule has 0 fully saturated rings. The summed E-state index contributed by atoms with van der Waals surface area (Å²) in [5.74, 6) is 0. The van der Waals surface area contributed by atoms with Gasteiger partial charge in [0.2, 0.25) is 0 Å². The molecule has 0 aliphatic carbocycles. The number of rotatable bonds is 22. The summed E-state index contributed by atoms with van der Waals surface area (Å²) in [5.41, 5.74) is 0. The molecule has 2 unspecified atom stereocenters. The number of aliphatic hydroxyl groups excluding tert-OH is 1. The summed E-state index contributed by atoms with van der Waals surface area (Å²) in [6, 6.07) is 0. The van der Waals surface area contributed by atoms with Crippen molar-refractivity contribution in [3.63, 3.8) is 0 Å². The van der Waals surface area contributed by atoms with E-state index < -0.39 is 15.4 Å². The maximum atomic E-state index is 11.3. The Labute approximate surface area is 230 Å². The Morgan fingerprint density at radius 2 is 0.900 bits per heavy atom. The van der Waals surface area contributed by atoms with Crippen molar-refractivity contribution in [2.24, 2.45) is 0 Å². The Balaban J connectivity index is 0. The van der Waals surface area contributed by atoms with Gasteiger partial charge in [-0.1, -0.05) is 117 Å². The van der Waals surface area contributed by atoms with Crippen LogP contribution >= 0.6 is 0 Å². The van der Waals surface area contributed by atoms with Gasteiger partial charge in [0.1, 0.15) is 0 Å². The second-order valence-electron chi connectivity index (χ2n) is 8.87. The topological polar surface area (TPSA) is 77.4 Å². The molecule has 0 aliphatic rings. The SMILES string of the molecule is CCCCC(O)CCCCCCCCCCCCCCC(CCCC)S(=O)(=O)[O-].[K+]. The average Bonchev–Trinajstić information content (AvgIpc) is 2.67. The zero-order valence-electron chi connectivity index (χ0n) is 20.4. The van der Waals surface area contributed by atoms with Crippen molar-refractivity contribution in [3.05, 3.63) is 0 Å². The minimum absolute atomic E-state index is 0. The van der Waals surface area contributed by atoms with E-state index in [1.54, 1.807) is 0 Å². The maximum absolute atomic E-state index is 11.3. The predicted octanol–water partition coefficient (Wildman–Crippen LogP) is 4.11. The molecule has 176 valence electrons. The van der Waals surface area contributed by atoms with Crippen molar-refractivity contribution >= 4 is 10.1 Å². The molecule has 0 rings (SSSR count). The summed E-state index contributed by atoms with van der Waals surface area (Å²) in [6.45, 7) is 4.19. The van der Waals surface area contributed by atoms with Gasteiger partial charge in [-0.05, 0) is 25.7 Å². The third kappa shape index (κ3) is 22.7. The van der Waals surface area contributed by atoms with Crippen LogP contribution in [0.25, 0.3) is 0 Å². The van der Waals surface area contributed by atoms with Crippen LogP contribution in [0.2, 0.25) is 0 Å². The Morgan fingerprint density at radius 3 is 1.30 bits per heavy atom. The van der Waals surface area contributed by atoms with Crippen LogP contribution in [0, 0.1) is 0 Å². The fourth-order valence-corrected chi connectivity index (χ4v) is 4.88. The van der Waals surface area contributed by atoms with Crippen LogP contribution in [0.15, 0.2) is 0 Å². The van der Waals surface area contributed by atoms with Gasteiger partial charge in [-0.2, -0.15) is 0 Å². The van der Waals surface area contributed by atoms with Crippen LogP contribution < -0.4 is 51.4 Å². The second kappa shape index (κ2) is 23.7. The molecule has 0 radical (unpaired) electrons. The number of hydrogen-bond donors (Lipinski definition) is 1. The quantitative estimate of drug-likeness (QED) is 0.146. The first kappa shape index (κ1) is 33.7. The van der Waals surface area contributed by atoms with Crippen LogP contribution in [-0.2, 0) is 10.1 Å². The summed E-state index contributed by atoms with van der Waals surface area (Å²) < 4.78 is 33.9. The number of aliphatic hydroxyl groups is 1. The summed E-state index contributed by atoms with van der Waals surface area (Å²) in [5, 5.41) is 9.15. The van der Waals surface area contributed by atoms with Gasteiger partial charge in [0, 0.05) is 5.25 Å². The number of hydrogen-bond acceptors (Lipinski definition) is 4. The standard InChI is InChI=1S/C24H50O4S.K/c1-3-5-19-23(25)20-17-15-13-11-9-7-8-10-12-14-16-18-22-24(21-6-4-2)29(26,27)28;/h23-25H,3-22H2,1-2H3,(H,26,27,28);/q;+1/p-1. The van der Waals surface area contributed by atoms with Crippen LogP contribution in [0.4, 0.5) is 0 Å². The minimum Gasteiger partial charge on any atom is -0.748 e.